The molecule has 82 valence electrons. The van der Waals surface area contributed by atoms with E-state index in [1.54, 1.807) is 30.4 Å². The molecule has 0 aliphatic heterocycles. The normalized spacial score (nSPS) is 10.2. The van der Waals surface area contributed by atoms with Gasteiger partial charge in [-0.05, 0) is 23.3 Å². The van der Waals surface area contributed by atoms with Gasteiger partial charge in [-0.15, -0.1) is 0 Å². The summed E-state index contributed by atoms with van der Waals surface area (Å²) in [5.74, 6) is -0.905. The molecule has 1 aromatic carbocycles. The second-order valence-electron chi connectivity index (χ2n) is 3.18. The Bertz CT molecular complexity index is 461. The maximum Gasteiger partial charge on any atom is 0.307 e. The second kappa shape index (κ2) is 5.94. The van der Waals surface area contributed by atoms with E-state index in [4.69, 9.17) is 22.0 Å². The molecule has 0 saturated heterocycles. The fraction of sp³-hybridized carbons (Fsp3) is 0.167. The first kappa shape index (κ1) is 12.3. The number of halogens is 1. The molecule has 3 nitrogen and oxygen atoms in total. The first-order valence-corrected chi connectivity index (χ1v) is 5.05. The van der Waals surface area contributed by atoms with Gasteiger partial charge in [0.15, 0.2) is 0 Å². The van der Waals surface area contributed by atoms with Gasteiger partial charge in [-0.25, -0.2) is 0 Å². The Balaban J connectivity index is 2.98. The number of nitriles is 1. The van der Waals surface area contributed by atoms with Crippen LogP contribution >= 0.6 is 11.6 Å². The van der Waals surface area contributed by atoms with Gasteiger partial charge in [0.25, 0.3) is 0 Å². The summed E-state index contributed by atoms with van der Waals surface area (Å²) in [7, 11) is 0. The van der Waals surface area contributed by atoms with Crippen LogP contribution in [0.5, 0.6) is 0 Å². The highest BCUT2D eigenvalue weighted by Gasteiger charge is 2.05. The smallest absolute Gasteiger partial charge is 0.307 e. The van der Waals surface area contributed by atoms with Crippen molar-refractivity contribution in [3.63, 3.8) is 0 Å². The van der Waals surface area contributed by atoms with Crippen molar-refractivity contribution in [3.8, 4) is 6.07 Å². The molecule has 1 aromatic rings. The Morgan fingerprint density at radius 1 is 1.56 bits per heavy atom. The van der Waals surface area contributed by atoms with Gasteiger partial charge in [-0.2, -0.15) is 5.26 Å². The Hall–Kier alpha value is -1.79. The van der Waals surface area contributed by atoms with Crippen molar-refractivity contribution in [1.82, 2.24) is 0 Å². The number of aliphatic carboxylic acids is 1. The molecule has 0 spiro atoms. The van der Waals surface area contributed by atoms with Gasteiger partial charge in [0.1, 0.15) is 0 Å². The minimum absolute atomic E-state index is 0.0766. The Kier molecular flexibility index (Phi) is 4.56. The summed E-state index contributed by atoms with van der Waals surface area (Å²) >= 11 is 5.79. The zero-order valence-corrected chi connectivity index (χ0v) is 9.24. The van der Waals surface area contributed by atoms with Crippen LogP contribution in [0.1, 0.15) is 17.5 Å². The number of carbonyl (C=O) groups is 1. The summed E-state index contributed by atoms with van der Waals surface area (Å²) in [6, 6.07) is 7.05. The molecule has 0 aliphatic rings. The molecule has 0 bridgehead atoms. The lowest BCUT2D eigenvalue weighted by Gasteiger charge is -2.03. The third kappa shape index (κ3) is 3.76. The number of carboxylic acids is 1. The Labute approximate surface area is 98.6 Å². The number of hydrogen-bond acceptors (Lipinski definition) is 2. The van der Waals surface area contributed by atoms with Gasteiger partial charge in [0.05, 0.1) is 18.9 Å². The topological polar surface area (TPSA) is 61.1 Å². The first-order chi connectivity index (χ1) is 7.63. The average Bonchev–Trinajstić information content (AvgIpc) is 2.20. The van der Waals surface area contributed by atoms with Crippen LogP contribution in [0.3, 0.4) is 0 Å². The van der Waals surface area contributed by atoms with E-state index in [0.717, 1.165) is 5.56 Å². The number of benzene rings is 1. The number of hydrogen-bond donors (Lipinski definition) is 1. The molecule has 0 unspecified atom stereocenters. The maximum absolute atomic E-state index is 10.6. The lowest BCUT2D eigenvalue weighted by atomic mass is 10.0. The van der Waals surface area contributed by atoms with Gasteiger partial charge in [-0.3, -0.25) is 4.79 Å². The van der Waals surface area contributed by atoms with E-state index in [0.29, 0.717) is 17.0 Å². The van der Waals surface area contributed by atoms with Crippen LogP contribution < -0.4 is 0 Å². The van der Waals surface area contributed by atoms with Crippen molar-refractivity contribution >= 4 is 23.6 Å². The fourth-order valence-electron chi connectivity index (χ4n) is 1.29. The molecule has 1 rings (SSSR count). The molecular formula is C12H10ClNO2. The first-order valence-electron chi connectivity index (χ1n) is 4.67. The minimum Gasteiger partial charge on any atom is -0.481 e. The molecule has 0 aromatic heterocycles. The predicted molar refractivity (Wildman–Crippen MR) is 62.1 cm³/mol. The van der Waals surface area contributed by atoms with Gasteiger partial charge < -0.3 is 5.11 Å². The van der Waals surface area contributed by atoms with Crippen LogP contribution in [0, 0.1) is 11.3 Å². The van der Waals surface area contributed by atoms with E-state index in [2.05, 4.69) is 0 Å². The molecule has 0 atom stereocenters. The summed E-state index contributed by atoms with van der Waals surface area (Å²) in [5.41, 5.74) is 1.43. The maximum atomic E-state index is 10.6. The third-order valence-corrected chi connectivity index (χ3v) is 2.19. The molecule has 1 N–H and O–H groups in total. The number of allylic oxidation sites excluding steroid dienone is 1. The largest absolute Gasteiger partial charge is 0.481 e. The highest BCUT2D eigenvalue weighted by Crippen LogP contribution is 2.18. The van der Waals surface area contributed by atoms with Gasteiger partial charge >= 0.3 is 5.97 Å². The summed E-state index contributed by atoms with van der Waals surface area (Å²) in [5, 5.41) is 17.6. The molecule has 0 saturated carbocycles. The van der Waals surface area contributed by atoms with E-state index in [9.17, 15) is 4.79 Å². The van der Waals surface area contributed by atoms with Gasteiger partial charge in [0, 0.05) is 5.02 Å². The van der Waals surface area contributed by atoms with Crippen LogP contribution in [0.25, 0.3) is 6.08 Å². The van der Waals surface area contributed by atoms with Gasteiger partial charge in [-0.1, -0.05) is 29.8 Å². The lowest BCUT2D eigenvalue weighted by molar-refractivity contribution is -0.136. The molecule has 0 amide bonds. The van der Waals surface area contributed by atoms with Crippen molar-refractivity contribution in [1.29, 1.82) is 5.26 Å². The van der Waals surface area contributed by atoms with Crippen molar-refractivity contribution < 1.29 is 9.90 Å². The molecule has 0 aliphatic carbocycles. The Morgan fingerprint density at radius 2 is 2.31 bits per heavy atom. The van der Waals surface area contributed by atoms with E-state index >= 15 is 0 Å². The predicted octanol–water partition coefficient (Wildman–Crippen LogP) is 2.89. The van der Waals surface area contributed by atoms with Crippen LogP contribution in [-0.4, -0.2) is 11.1 Å². The van der Waals surface area contributed by atoms with E-state index in [-0.39, 0.29) is 6.42 Å². The second-order valence-corrected chi connectivity index (χ2v) is 3.61. The number of carboxylic acid groups (broad SMARTS) is 1. The molecule has 0 heterocycles. The molecule has 0 radical (unpaired) electrons. The van der Waals surface area contributed by atoms with Crippen molar-refractivity contribution in [3.05, 3.63) is 40.4 Å². The summed E-state index contributed by atoms with van der Waals surface area (Å²) in [6.07, 6.45) is 3.65. The Morgan fingerprint density at radius 3 is 2.94 bits per heavy atom. The van der Waals surface area contributed by atoms with E-state index in [1.807, 2.05) is 6.07 Å². The zero-order valence-electron chi connectivity index (χ0n) is 8.48. The molecular weight excluding hydrogens is 226 g/mol. The monoisotopic (exact) mass is 235 g/mol. The fourth-order valence-corrected chi connectivity index (χ4v) is 1.49. The molecule has 0 fully saturated rings. The van der Waals surface area contributed by atoms with Crippen molar-refractivity contribution in [2.75, 3.05) is 0 Å². The van der Waals surface area contributed by atoms with Crippen LogP contribution in [0.4, 0.5) is 0 Å². The van der Waals surface area contributed by atoms with E-state index in [1.165, 1.54) is 0 Å². The standard InChI is InChI=1S/C12H10ClNO2/c13-11-5-4-9(3-1-2-6-14)10(7-11)8-12(15)16/h1,3-5,7H,2,8H2,(H,15,16). The molecule has 16 heavy (non-hydrogen) atoms. The number of nitrogens with zero attached hydrogens (tertiary/aromatic N) is 1. The highest BCUT2D eigenvalue weighted by molar-refractivity contribution is 6.30. The molecule has 4 heteroatoms. The third-order valence-electron chi connectivity index (χ3n) is 1.95. The van der Waals surface area contributed by atoms with Crippen molar-refractivity contribution in [2.24, 2.45) is 0 Å². The van der Waals surface area contributed by atoms with E-state index < -0.39 is 5.97 Å². The summed E-state index contributed by atoms with van der Waals surface area (Å²) in [6.45, 7) is 0. The zero-order chi connectivity index (χ0) is 12.0. The number of rotatable bonds is 4. The SMILES string of the molecule is N#CCC=Cc1ccc(Cl)cc1CC(=O)O. The van der Waals surface area contributed by atoms with Crippen LogP contribution in [0.15, 0.2) is 24.3 Å². The van der Waals surface area contributed by atoms with Crippen LogP contribution in [0.2, 0.25) is 5.02 Å². The summed E-state index contributed by atoms with van der Waals surface area (Å²) < 4.78 is 0. The minimum atomic E-state index is -0.905. The van der Waals surface area contributed by atoms with Gasteiger partial charge in [0.2, 0.25) is 0 Å². The van der Waals surface area contributed by atoms with Crippen molar-refractivity contribution in [2.45, 2.75) is 12.8 Å². The lowest BCUT2D eigenvalue weighted by Crippen LogP contribution is -2.01. The summed E-state index contributed by atoms with van der Waals surface area (Å²) in [4.78, 5) is 10.6. The van der Waals surface area contributed by atoms with Crippen LogP contribution in [-0.2, 0) is 11.2 Å². The quantitative estimate of drug-likeness (QED) is 0.873. The highest BCUT2D eigenvalue weighted by atomic mass is 35.5. The average molecular weight is 236 g/mol.